The maximum atomic E-state index is 12.1. The van der Waals surface area contributed by atoms with Crippen molar-refractivity contribution in [3.63, 3.8) is 0 Å². The van der Waals surface area contributed by atoms with Gasteiger partial charge in [0.05, 0.1) is 19.8 Å². The zero-order chi connectivity index (χ0) is 13.6. The first kappa shape index (κ1) is 15.4. The van der Waals surface area contributed by atoms with Crippen LogP contribution in [0.3, 0.4) is 0 Å². The third kappa shape index (κ3) is 3.93. The van der Waals surface area contributed by atoms with Gasteiger partial charge in [-0.15, -0.1) is 0 Å². The van der Waals surface area contributed by atoms with Gasteiger partial charge >= 0.3 is 5.97 Å². The van der Waals surface area contributed by atoms with E-state index in [9.17, 15) is 4.79 Å². The molecule has 2 atom stereocenters. The van der Waals surface area contributed by atoms with Gasteiger partial charge in [0.2, 0.25) is 0 Å². The minimum Gasteiger partial charge on any atom is -0.465 e. The molecule has 5 heteroatoms. The minimum atomic E-state index is -0.643. The molecule has 0 amide bonds. The van der Waals surface area contributed by atoms with Crippen molar-refractivity contribution < 1.29 is 14.3 Å². The van der Waals surface area contributed by atoms with Crippen LogP contribution in [0.5, 0.6) is 0 Å². The molecule has 18 heavy (non-hydrogen) atoms. The highest BCUT2D eigenvalue weighted by Gasteiger charge is 2.37. The second-order valence-electron chi connectivity index (χ2n) is 4.98. The van der Waals surface area contributed by atoms with Gasteiger partial charge in [-0.05, 0) is 27.3 Å². The molecule has 0 aromatic rings. The Morgan fingerprint density at radius 3 is 2.83 bits per heavy atom. The zero-order valence-electron chi connectivity index (χ0n) is 12.0. The molecule has 1 aliphatic heterocycles. The first-order chi connectivity index (χ1) is 8.53. The molecular formula is C13H26N2O3. The second kappa shape index (κ2) is 7.07. The Morgan fingerprint density at radius 2 is 2.28 bits per heavy atom. The molecule has 1 N–H and O–H groups in total. The van der Waals surface area contributed by atoms with Gasteiger partial charge in [0.25, 0.3) is 0 Å². The van der Waals surface area contributed by atoms with Crippen LogP contribution in [0.4, 0.5) is 0 Å². The maximum Gasteiger partial charge on any atom is 0.327 e. The molecule has 1 rings (SSSR count). The molecule has 0 aromatic carbocycles. The van der Waals surface area contributed by atoms with Gasteiger partial charge in [-0.1, -0.05) is 6.92 Å². The van der Waals surface area contributed by atoms with Crippen molar-refractivity contribution >= 4 is 5.97 Å². The van der Waals surface area contributed by atoms with E-state index in [-0.39, 0.29) is 5.97 Å². The molecule has 5 nitrogen and oxygen atoms in total. The SMILES string of the molecule is CCNC(C)(CN1CCOCC1C)C(=O)OCC. The summed E-state index contributed by atoms with van der Waals surface area (Å²) in [6.45, 7) is 12.0. The fourth-order valence-electron chi connectivity index (χ4n) is 2.28. The minimum absolute atomic E-state index is 0.175. The van der Waals surface area contributed by atoms with Gasteiger partial charge in [-0.2, -0.15) is 0 Å². The van der Waals surface area contributed by atoms with Crippen LogP contribution < -0.4 is 5.32 Å². The van der Waals surface area contributed by atoms with E-state index in [0.717, 1.165) is 26.3 Å². The number of rotatable bonds is 6. The quantitative estimate of drug-likeness (QED) is 0.709. The Balaban J connectivity index is 2.68. The molecule has 0 aromatic heterocycles. The van der Waals surface area contributed by atoms with Crippen LogP contribution in [0, 0.1) is 0 Å². The van der Waals surface area contributed by atoms with Crippen molar-refractivity contribution in [1.82, 2.24) is 10.2 Å². The third-order valence-electron chi connectivity index (χ3n) is 3.32. The molecule has 1 aliphatic rings. The lowest BCUT2D eigenvalue weighted by molar-refractivity contribution is -0.152. The van der Waals surface area contributed by atoms with Crippen LogP contribution in [-0.2, 0) is 14.3 Å². The Hall–Kier alpha value is -0.650. The summed E-state index contributed by atoms with van der Waals surface area (Å²) in [4.78, 5) is 14.4. The Bertz CT molecular complexity index is 273. The lowest BCUT2D eigenvalue weighted by atomic mass is 10.0. The van der Waals surface area contributed by atoms with Crippen molar-refractivity contribution in [1.29, 1.82) is 0 Å². The lowest BCUT2D eigenvalue weighted by Crippen LogP contribution is -2.60. The number of nitrogens with zero attached hydrogens (tertiary/aromatic N) is 1. The Labute approximate surface area is 110 Å². The van der Waals surface area contributed by atoms with Crippen LogP contribution in [-0.4, -0.2) is 61.9 Å². The monoisotopic (exact) mass is 258 g/mol. The topological polar surface area (TPSA) is 50.8 Å². The fourth-order valence-corrected chi connectivity index (χ4v) is 2.28. The summed E-state index contributed by atoms with van der Waals surface area (Å²) in [6.07, 6.45) is 0. The van der Waals surface area contributed by atoms with E-state index in [1.54, 1.807) is 0 Å². The maximum absolute atomic E-state index is 12.1. The van der Waals surface area contributed by atoms with Crippen molar-refractivity contribution in [3.05, 3.63) is 0 Å². The van der Waals surface area contributed by atoms with E-state index in [0.29, 0.717) is 19.2 Å². The molecule has 106 valence electrons. The Morgan fingerprint density at radius 1 is 1.56 bits per heavy atom. The highest BCUT2D eigenvalue weighted by Crippen LogP contribution is 2.14. The average molecular weight is 258 g/mol. The highest BCUT2D eigenvalue weighted by atomic mass is 16.5. The third-order valence-corrected chi connectivity index (χ3v) is 3.32. The summed E-state index contributed by atoms with van der Waals surface area (Å²) < 4.78 is 10.6. The predicted molar refractivity (Wildman–Crippen MR) is 70.6 cm³/mol. The largest absolute Gasteiger partial charge is 0.465 e. The molecule has 1 saturated heterocycles. The summed E-state index contributed by atoms with van der Waals surface area (Å²) in [6, 6.07) is 0.339. The molecule has 0 saturated carbocycles. The molecule has 1 heterocycles. The number of morpholine rings is 1. The Kier molecular flexibility index (Phi) is 6.05. The summed E-state index contributed by atoms with van der Waals surface area (Å²) in [5.74, 6) is -0.175. The van der Waals surface area contributed by atoms with Gasteiger partial charge in [0.15, 0.2) is 0 Å². The number of carbonyl (C=O) groups is 1. The normalized spacial score (nSPS) is 24.6. The number of nitrogens with one attached hydrogen (secondary N) is 1. The van der Waals surface area contributed by atoms with Crippen molar-refractivity contribution in [3.8, 4) is 0 Å². The van der Waals surface area contributed by atoms with Crippen LogP contribution >= 0.6 is 0 Å². The molecular weight excluding hydrogens is 232 g/mol. The van der Waals surface area contributed by atoms with E-state index < -0.39 is 5.54 Å². The number of likely N-dealkylation sites (N-methyl/N-ethyl adjacent to an activating group) is 1. The van der Waals surface area contributed by atoms with E-state index in [1.165, 1.54) is 0 Å². The summed E-state index contributed by atoms with van der Waals surface area (Å²) >= 11 is 0. The number of carbonyl (C=O) groups excluding carboxylic acids is 1. The summed E-state index contributed by atoms with van der Waals surface area (Å²) in [7, 11) is 0. The first-order valence-corrected chi connectivity index (χ1v) is 6.77. The fraction of sp³-hybridized carbons (Fsp3) is 0.923. The number of esters is 1. The lowest BCUT2D eigenvalue weighted by Gasteiger charge is -2.39. The van der Waals surface area contributed by atoms with Crippen molar-refractivity contribution in [2.24, 2.45) is 0 Å². The predicted octanol–water partition coefficient (Wildman–Crippen LogP) is 0.638. The van der Waals surface area contributed by atoms with Gasteiger partial charge in [0.1, 0.15) is 5.54 Å². The van der Waals surface area contributed by atoms with Gasteiger partial charge in [-0.3, -0.25) is 9.69 Å². The molecule has 0 radical (unpaired) electrons. The van der Waals surface area contributed by atoms with Gasteiger partial charge in [0, 0.05) is 19.1 Å². The molecule has 0 aliphatic carbocycles. The van der Waals surface area contributed by atoms with Crippen LogP contribution in [0.25, 0.3) is 0 Å². The standard InChI is InChI=1S/C13H26N2O3/c1-5-14-13(4,12(16)18-6-2)10-15-7-8-17-9-11(15)3/h11,14H,5-10H2,1-4H3. The van der Waals surface area contributed by atoms with Gasteiger partial charge < -0.3 is 14.8 Å². The highest BCUT2D eigenvalue weighted by molar-refractivity contribution is 5.80. The number of ether oxygens (including phenoxy) is 2. The van der Waals surface area contributed by atoms with Crippen LogP contribution in [0.2, 0.25) is 0 Å². The van der Waals surface area contributed by atoms with E-state index in [1.807, 2.05) is 20.8 Å². The molecule has 2 unspecified atom stereocenters. The van der Waals surface area contributed by atoms with E-state index in [4.69, 9.17) is 9.47 Å². The van der Waals surface area contributed by atoms with Gasteiger partial charge in [-0.25, -0.2) is 0 Å². The number of hydrogen-bond acceptors (Lipinski definition) is 5. The summed E-state index contributed by atoms with van der Waals surface area (Å²) in [5, 5.41) is 3.25. The first-order valence-electron chi connectivity index (χ1n) is 6.77. The van der Waals surface area contributed by atoms with E-state index >= 15 is 0 Å². The average Bonchev–Trinajstić information content (AvgIpc) is 2.33. The van der Waals surface area contributed by atoms with Crippen LogP contribution in [0.15, 0.2) is 0 Å². The zero-order valence-corrected chi connectivity index (χ0v) is 12.0. The smallest absolute Gasteiger partial charge is 0.327 e. The number of hydrogen-bond donors (Lipinski definition) is 1. The van der Waals surface area contributed by atoms with Crippen molar-refractivity contribution in [2.45, 2.75) is 39.3 Å². The van der Waals surface area contributed by atoms with E-state index in [2.05, 4.69) is 17.1 Å². The summed E-state index contributed by atoms with van der Waals surface area (Å²) in [5.41, 5.74) is -0.643. The van der Waals surface area contributed by atoms with Crippen molar-refractivity contribution in [2.75, 3.05) is 39.5 Å². The molecule has 0 bridgehead atoms. The molecule has 1 fully saturated rings. The second-order valence-corrected chi connectivity index (χ2v) is 4.98. The van der Waals surface area contributed by atoms with Crippen LogP contribution in [0.1, 0.15) is 27.7 Å². The molecule has 0 spiro atoms.